The van der Waals surface area contributed by atoms with E-state index in [0.717, 1.165) is 15.7 Å². The van der Waals surface area contributed by atoms with Crippen LogP contribution in [0.2, 0.25) is 0 Å². The lowest BCUT2D eigenvalue weighted by Gasteiger charge is -2.22. The molecule has 0 saturated heterocycles. The van der Waals surface area contributed by atoms with E-state index in [2.05, 4.69) is 26.6 Å². The molecule has 1 unspecified atom stereocenters. The molecule has 0 aromatic heterocycles. The molecule has 0 aliphatic carbocycles. The summed E-state index contributed by atoms with van der Waals surface area (Å²) < 4.78 is 0.905. The first-order chi connectivity index (χ1) is 8.84. The quantitative estimate of drug-likeness (QED) is 0.767. The number of amides is 2. The summed E-state index contributed by atoms with van der Waals surface area (Å²) in [5.41, 5.74) is 0.828. The van der Waals surface area contributed by atoms with Crippen LogP contribution >= 0.6 is 27.7 Å². The molecular formula is C13H19BrN2O2S. The Morgan fingerprint density at radius 3 is 2.84 bits per heavy atom. The van der Waals surface area contributed by atoms with Gasteiger partial charge in [-0.3, -0.25) is 0 Å². The minimum atomic E-state index is -0.900. The summed E-state index contributed by atoms with van der Waals surface area (Å²) in [5.74, 6) is 0.573. The maximum absolute atomic E-state index is 11.8. The topological polar surface area (TPSA) is 61.4 Å². The highest BCUT2D eigenvalue weighted by molar-refractivity contribution is 9.10. The maximum Gasteiger partial charge on any atom is 0.319 e. The molecule has 3 N–H and O–H groups in total. The lowest BCUT2D eigenvalue weighted by Crippen LogP contribution is -2.44. The first-order valence-corrected chi connectivity index (χ1v) is 8.05. The third kappa shape index (κ3) is 5.84. The van der Waals surface area contributed by atoms with E-state index in [9.17, 15) is 9.90 Å². The standard InChI is InChI=1S/C13H19BrN2O2S/c1-9-4-5-10(14)6-11(9)16-12(17)15-7-13(2,18)8-19-3/h4-6,18H,7-8H2,1-3H3,(H2,15,16,17). The SMILES string of the molecule is CSCC(C)(O)CNC(=O)Nc1cc(Br)ccc1C. The van der Waals surface area contributed by atoms with Gasteiger partial charge in [0.05, 0.1) is 5.60 Å². The summed E-state index contributed by atoms with van der Waals surface area (Å²) in [6, 6.07) is 5.36. The predicted molar refractivity (Wildman–Crippen MR) is 84.9 cm³/mol. The second-order valence-electron chi connectivity index (χ2n) is 4.70. The first kappa shape index (κ1) is 16.3. The summed E-state index contributed by atoms with van der Waals surface area (Å²) >= 11 is 4.90. The van der Waals surface area contributed by atoms with Gasteiger partial charge in [-0.2, -0.15) is 11.8 Å². The third-order valence-electron chi connectivity index (χ3n) is 2.53. The van der Waals surface area contributed by atoms with E-state index < -0.39 is 5.60 Å². The minimum absolute atomic E-state index is 0.215. The number of hydrogen-bond acceptors (Lipinski definition) is 3. The molecule has 1 aromatic rings. The van der Waals surface area contributed by atoms with Crippen LogP contribution in [0.15, 0.2) is 22.7 Å². The van der Waals surface area contributed by atoms with Gasteiger partial charge in [-0.05, 0) is 37.8 Å². The number of aliphatic hydroxyl groups is 1. The Balaban J connectivity index is 2.54. The number of carbonyl (C=O) groups excluding carboxylic acids is 1. The molecule has 0 radical (unpaired) electrons. The van der Waals surface area contributed by atoms with Crippen LogP contribution in [-0.4, -0.2) is 35.3 Å². The Labute approximate surface area is 126 Å². The number of carbonyl (C=O) groups is 1. The van der Waals surface area contributed by atoms with Crippen molar-refractivity contribution < 1.29 is 9.90 Å². The van der Waals surface area contributed by atoms with Gasteiger partial charge < -0.3 is 15.7 Å². The van der Waals surface area contributed by atoms with Crippen molar-refractivity contribution in [1.82, 2.24) is 5.32 Å². The number of halogens is 1. The molecule has 0 fully saturated rings. The Kier molecular flexibility index (Phi) is 6.16. The molecule has 106 valence electrons. The molecule has 19 heavy (non-hydrogen) atoms. The van der Waals surface area contributed by atoms with Crippen molar-refractivity contribution in [1.29, 1.82) is 0 Å². The van der Waals surface area contributed by atoms with Gasteiger partial charge >= 0.3 is 6.03 Å². The minimum Gasteiger partial charge on any atom is -0.387 e. The number of hydrogen-bond donors (Lipinski definition) is 3. The van der Waals surface area contributed by atoms with Crippen LogP contribution in [0.3, 0.4) is 0 Å². The summed E-state index contributed by atoms with van der Waals surface area (Å²) in [4.78, 5) is 11.8. The molecule has 1 aromatic carbocycles. The molecule has 2 amide bonds. The summed E-state index contributed by atoms with van der Waals surface area (Å²) in [5, 5.41) is 15.4. The van der Waals surface area contributed by atoms with E-state index in [-0.39, 0.29) is 12.6 Å². The Morgan fingerprint density at radius 2 is 2.21 bits per heavy atom. The van der Waals surface area contributed by atoms with Gasteiger partial charge in [0, 0.05) is 22.5 Å². The van der Waals surface area contributed by atoms with Gasteiger partial charge in [-0.15, -0.1) is 0 Å². The highest BCUT2D eigenvalue weighted by atomic mass is 79.9. The normalized spacial score (nSPS) is 13.7. The van der Waals surface area contributed by atoms with Crippen LogP contribution in [-0.2, 0) is 0 Å². The molecule has 0 aliphatic heterocycles. The smallest absolute Gasteiger partial charge is 0.319 e. The van der Waals surface area contributed by atoms with Crippen molar-refractivity contribution in [2.24, 2.45) is 0 Å². The highest BCUT2D eigenvalue weighted by Gasteiger charge is 2.20. The lowest BCUT2D eigenvalue weighted by atomic mass is 10.1. The number of urea groups is 1. The average Bonchev–Trinajstić information content (AvgIpc) is 2.31. The largest absolute Gasteiger partial charge is 0.387 e. The zero-order valence-corrected chi connectivity index (χ0v) is 13.7. The van der Waals surface area contributed by atoms with Crippen molar-refractivity contribution in [3.8, 4) is 0 Å². The zero-order valence-electron chi connectivity index (χ0n) is 11.3. The van der Waals surface area contributed by atoms with E-state index >= 15 is 0 Å². The van der Waals surface area contributed by atoms with Crippen LogP contribution in [0.4, 0.5) is 10.5 Å². The van der Waals surface area contributed by atoms with Gasteiger partial charge in [0.2, 0.25) is 0 Å². The second kappa shape index (κ2) is 7.17. The Morgan fingerprint density at radius 1 is 1.53 bits per heavy atom. The maximum atomic E-state index is 11.8. The number of benzene rings is 1. The number of aryl methyl sites for hydroxylation is 1. The van der Waals surface area contributed by atoms with Crippen LogP contribution < -0.4 is 10.6 Å². The molecule has 1 atom stereocenters. The summed E-state index contributed by atoms with van der Waals surface area (Å²) in [7, 11) is 0. The summed E-state index contributed by atoms with van der Waals surface area (Å²) in [6.45, 7) is 3.84. The van der Waals surface area contributed by atoms with Crippen LogP contribution in [0, 0.1) is 6.92 Å². The molecule has 1 rings (SSSR count). The van der Waals surface area contributed by atoms with Gasteiger partial charge in [0.25, 0.3) is 0 Å². The van der Waals surface area contributed by atoms with E-state index in [4.69, 9.17) is 0 Å². The fourth-order valence-corrected chi connectivity index (χ4v) is 2.61. The van der Waals surface area contributed by atoms with Gasteiger partial charge in [-0.25, -0.2) is 4.79 Å². The molecule has 0 saturated carbocycles. The molecule has 6 heteroatoms. The van der Waals surface area contributed by atoms with Crippen LogP contribution in [0.25, 0.3) is 0 Å². The predicted octanol–water partition coefficient (Wildman–Crippen LogP) is 2.99. The molecule has 0 aliphatic rings. The van der Waals surface area contributed by atoms with Crippen molar-refractivity contribution in [3.05, 3.63) is 28.2 Å². The lowest BCUT2D eigenvalue weighted by molar-refractivity contribution is 0.0876. The van der Waals surface area contributed by atoms with Crippen LogP contribution in [0.5, 0.6) is 0 Å². The average molecular weight is 347 g/mol. The number of rotatable bonds is 5. The monoisotopic (exact) mass is 346 g/mol. The Hall–Kier alpha value is -0.720. The van der Waals surface area contributed by atoms with Crippen molar-refractivity contribution in [2.45, 2.75) is 19.4 Å². The Bertz CT molecular complexity index is 452. The fourth-order valence-electron chi connectivity index (χ4n) is 1.53. The summed E-state index contributed by atoms with van der Waals surface area (Å²) in [6.07, 6.45) is 1.92. The van der Waals surface area contributed by atoms with Gasteiger partial charge in [0.1, 0.15) is 0 Å². The van der Waals surface area contributed by atoms with E-state index in [1.54, 1.807) is 18.7 Å². The molecule has 0 heterocycles. The number of thioether (sulfide) groups is 1. The first-order valence-electron chi connectivity index (χ1n) is 5.86. The van der Waals surface area contributed by atoms with Gasteiger partial charge in [-0.1, -0.05) is 22.0 Å². The van der Waals surface area contributed by atoms with Crippen molar-refractivity contribution in [3.63, 3.8) is 0 Å². The molecule has 0 bridgehead atoms. The molecule has 4 nitrogen and oxygen atoms in total. The molecular weight excluding hydrogens is 328 g/mol. The van der Waals surface area contributed by atoms with Crippen molar-refractivity contribution >= 4 is 39.4 Å². The van der Waals surface area contributed by atoms with E-state index in [1.807, 2.05) is 31.4 Å². The molecule has 0 spiro atoms. The van der Waals surface area contributed by atoms with Gasteiger partial charge in [0.15, 0.2) is 0 Å². The highest BCUT2D eigenvalue weighted by Crippen LogP contribution is 2.20. The van der Waals surface area contributed by atoms with Crippen LogP contribution in [0.1, 0.15) is 12.5 Å². The zero-order chi connectivity index (χ0) is 14.5. The number of nitrogens with one attached hydrogen (secondary N) is 2. The third-order valence-corrected chi connectivity index (χ3v) is 3.94. The second-order valence-corrected chi connectivity index (χ2v) is 6.48. The van der Waals surface area contributed by atoms with Crippen molar-refractivity contribution in [2.75, 3.05) is 23.9 Å². The van der Waals surface area contributed by atoms with E-state index in [1.165, 1.54) is 0 Å². The van der Waals surface area contributed by atoms with E-state index in [0.29, 0.717) is 5.75 Å². The number of anilines is 1. The fraction of sp³-hybridized carbons (Fsp3) is 0.462.